The molecule has 1 aliphatic heterocycles. The third kappa shape index (κ3) is 5.16. The van der Waals surface area contributed by atoms with Crippen LogP contribution in [0.2, 0.25) is 0 Å². The van der Waals surface area contributed by atoms with Gasteiger partial charge in [-0.25, -0.2) is 9.69 Å². The van der Waals surface area contributed by atoms with Crippen LogP contribution in [-0.2, 0) is 16.2 Å². The number of nitrogens with zero attached hydrogens (tertiary/aromatic N) is 1. The monoisotopic (exact) mass is 472 g/mol. The first kappa shape index (κ1) is 23.6. The van der Waals surface area contributed by atoms with Crippen LogP contribution in [0.25, 0.3) is 6.08 Å². The fourth-order valence-electron chi connectivity index (χ4n) is 3.63. The number of imide groups is 2. The van der Waals surface area contributed by atoms with E-state index in [4.69, 9.17) is 14.2 Å². The van der Waals surface area contributed by atoms with Crippen molar-refractivity contribution in [3.63, 3.8) is 0 Å². The lowest BCUT2D eigenvalue weighted by Crippen LogP contribution is -2.54. The summed E-state index contributed by atoms with van der Waals surface area (Å²) < 4.78 is 16.5. The molecule has 0 atom stereocenters. The Labute approximate surface area is 202 Å². The first-order valence-electron chi connectivity index (χ1n) is 10.8. The highest BCUT2D eigenvalue weighted by Crippen LogP contribution is 2.30. The van der Waals surface area contributed by atoms with Crippen LogP contribution in [0.1, 0.15) is 16.7 Å². The van der Waals surface area contributed by atoms with Gasteiger partial charge in [0.05, 0.1) is 19.9 Å². The van der Waals surface area contributed by atoms with Crippen LogP contribution in [0, 0.1) is 6.92 Å². The molecule has 0 spiro atoms. The molecular formula is C27H24N2O6. The number of carbonyl (C=O) groups excluding carboxylic acids is 3. The molecule has 0 saturated carbocycles. The molecule has 178 valence electrons. The molecule has 1 aliphatic rings. The second kappa shape index (κ2) is 10.1. The Morgan fingerprint density at radius 2 is 1.60 bits per heavy atom. The molecule has 3 aromatic rings. The average Bonchev–Trinajstić information content (AvgIpc) is 2.86. The van der Waals surface area contributed by atoms with Crippen molar-refractivity contribution in [1.82, 2.24) is 5.32 Å². The van der Waals surface area contributed by atoms with Gasteiger partial charge in [-0.1, -0.05) is 29.8 Å². The van der Waals surface area contributed by atoms with E-state index in [9.17, 15) is 14.4 Å². The van der Waals surface area contributed by atoms with E-state index in [1.54, 1.807) is 42.5 Å². The van der Waals surface area contributed by atoms with E-state index in [-0.39, 0.29) is 12.2 Å². The highest BCUT2D eigenvalue weighted by molar-refractivity contribution is 6.39. The Hall–Kier alpha value is -4.59. The van der Waals surface area contributed by atoms with E-state index in [1.807, 2.05) is 31.2 Å². The van der Waals surface area contributed by atoms with Gasteiger partial charge in [-0.3, -0.25) is 14.9 Å². The second-order valence-electron chi connectivity index (χ2n) is 7.84. The molecule has 8 heteroatoms. The maximum Gasteiger partial charge on any atom is 0.335 e. The molecule has 0 unspecified atom stereocenters. The van der Waals surface area contributed by atoms with E-state index >= 15 is 0 Å². The number of hydrogen-bond acceptors (Lipinski definition) is 6. The number of ether oxygens (including phenoxy) is 3. The third-order valence-corrected chi connectivity index (χ3v) is 5.43. The van der Waals surface area contributed by atoms with Crippen LogP contribution in [-0.4, -0.2) is 32.1 Å². The number of aryl methyl sites for hydroxylation is 1. The molecule has 1 saturated heterocycles. The number of carbonyl (C=O) groups is 3. The molecule has 3 aromatic carbocycles. The first-order valence-corrected chi connectivity index (χ1v) is 10.8. The van der Waals surface area contributed by atoms with Crippen LogP contribution in [0.5, 0.6) is 17.2 Å². The molecule has 1 fully saturated rings. The summed E-state index contributed by atoms with van der Waals surface area (Å²) in [4.78, 5) is 39.2. The fourth-order valence-corrected chi connectivity index (χ4v) is 3.63. The number of methoxy groups -OCH3 is 2. The largest absolute Gasteiger partial charge is 0.497 e. The zero-order valence-electron chi connectivity index (χ0n) is 19.5. The van der Waals surface area contributed by atoms with Crippen molar-refractivity contribution >= 4 is 29.6 Å². The Morgan fingerprint density at radius 3 is 2.29 bits per heavy atom. The van der Waals surface area contributed by atoms with Gasteiger partial charge in [0, 0.05) is 11.6 Å². The minimum absolute atomic E-state index is 0.203. The maximum atomic E-state index is 13.2. The maximum absolute atomic E-state index is 13.2. The Morgan fingerprint density at radius 1 is 0.886 bits per heavy atom. The summed E-state index contributed by atoms with van der Waals surface area (Å²) in [6.45, 7) is 2.27. The Bertz CT molecular complexity index is 1310. The van der Waals surface area contributed by atoms with Crippen LogP contribution >= 0.6 is 0 Å². The van der Waals surface area contributed by atoms with Gasteiger partial charge in [-0.05, 0) is 55.0 Å². The van der Waals surface area contributed by atoms with E-state index in [0.717, 1.165) is 16.0 Å². The standard InChI is InChI=1S/C27H24N2O6/c1-17-5-4-6-18(13-17)16-35-24-15-22(34-3)10-7-19(24)14-23-25(30)28-27(32)29(26(23)31)20-8-11-21(33-2)12-9-20/h4-15H,16H2,1-3H3,(H,28,30,32)/b23-14+. The molecule has 0 radical (unpaired) electrons. The van der Waals surface area contributed by atoms with E-state index in [0.29, 0.717) is 28.5 Å². The molecule has 0 aliphatic carbocycles. The van der Waals surface area contributed by atoms with E-state index < -0.39 is 17.8 Å². The fraction of sp³-hybridized carbons (Fsp3) is 0.148. The minimum Gasteiger partial charge on any atom is -0.497 e. The zero-order chi connectivity index (χ0) is 24.9. The van der Waals surface area contributed by atoms with Crippen LogP contribution in [0.4, 0.5) is 10.5 Å². The first-order chi connectivity index (χ1) is 16.9. The van der Waals surface area contributed by atoms with Crippen LogP contribution in [0.15, 0.2) is 72.3 Å². The number of amides is 4. The quantitative estimate of drug-likeness (QED) is 0.408. The average molecular weight is 472 g/mol. The number of hydrogen-bond donors (Lipinski definition) is 1. The topological polar surface area (TPSA) is 94.2 Å². The van der Waals surface area contributed by atoms with Gasteiger partial charge < -0.3 is 14.2 Å². The predicted molar refractivity (Wildman–Crippen MR) is 131 cm³/mol. The number of rotatable bonds is 7. The van der Waals surface area contributed by atoms with Crippen LogP contribution in [0.3, 0.4) is 0 Å². The highest BCUT2D eigenvalue weighted by Gasteiger charge is 2.37. The summed E-state index contributed by atoms with van der Waals surface area (Å²) in [5.74, 6) is 0.0152. The molecule has 1 heterocycles. The third-order valence-electron chi connectivity index (χ3n) is 5.43. The van der Waals surface area contributed by atoms with Gasteiger partial charge in [0.15, 0.2) is 0 Å². The lowest BCUT2D eigenvalue weighted by atomic mass is 10.1. The van der Waals surface area contributed by atoms with Gasteiger partial charge in [0.1, 0.15) is 29.4 Å². The van der Waals surface area contributed by atoms with Gasteiger partial charge in [0.25, 0.3) is 11.8 Å². The van der Waals surface area contributed by atoms with Crippen molar-refractivity contribution in [3.8, 4) is 17.2 Å². The molecular weight excluding hydrogens is 448 g/mol. The minimum atomic E-state index is -0.826. The lowest BCUT2D eigenvalue weighted by Gasteiger charge is -2.26. The Balaban J connectivity index is 1.67. The lowest BCUT2D eigenvalue weighted by molar-refractivity contribution is -0.122. The number of benzene rings is 3. The molecule has 4 rings (SSSR count). The molecule has 8 nitrogen and oxygen atoms in total. The van der Waals surface area contributed by atoms with Gasteiger partial charge in [-0.2, -0.15) is 0 Å². The van der Waals surface area contributed by atoms with Gasteiger partial charge in [0.2, 0.25) is 0 Å². The molecule has 1 N–H and O–H groups in total. The van der Waals surface area contributed by atoms with Crippen LogP contribution < -0.4 is 24.4 Å². The molecule has 0 bridgehead atoms. The van der Waals surface area contributed by atoms with Gasteiger partial charge >= 0.3 is 6.03 Å². The SMILES string of the molecule is COc1ccc(N2C(=O)NC(=O)/C(=C\c3ccc(OC)cc3OCc3cccc(C)c3)C2=O)cc1. The number of anilines is 1. The summed E-state index contributed by atoms with van der Waals surface area (Å²) in [5, 5.41) is 2.23. The van der Waals surface area contributed by atoms with Crippen molar-refractivity contribution in [2.45, 2.75) is 13.5 Å². The smallest absolute Gasteiger partial charge is 0.335 e. The number of urea groups is 1. The summed E-state index contributed by atoms with van der Waals surface area (Å²) in [6, 6.07) is 18.5. The normalized spacial score (nSPS) is 14.7. The molecule has 35 heavy (non-hydrogen) atoms. The van der Waals surface area contributed by atoms with Crippen molar-refractivity contribution in [2.75, 3.05) is 19.1 Å². The zero-order valence-corrected chi connectivity index (χ0v) is 19.5. The number of nitrogens with one attached hydrogen (secondary N) is 1. The van der Waals surface area contributed by atoms with Crippen molar-refractivity contribution < 1.29 is 28.6 Å². The van der Waals surface area contributed by atoms with Crippen molar-refractivity contribution in [2.24, 2.45) is 0 Å². The van der Waals surface area contributed by atoms with Crippen molar-refractivity contribution in [1.29, 1.82) is 0 Å². The van der Waals surface area contributed by atoms with Gasteiger partial charge in [-0.15, -0.1) is 0 Å². The molecule has 0 aromatic heterocycles. The number of barbiturate groups is 1. The highest BCUT2D eigenvalue weighted by atomic mass is 16.5. The van der Waals surface area contributed by atoms with E-state index in [2.05, 4.69) is 5.32 Å². The van der Waals surface area contributed by atoms with E-state index in [1.165, 1.54) is 20.3 Å². The summed E-state index contributed by atoms with van der Waals surface area (Å²) in [5.41, 5.74) is 2.66. The Kier molecular flexibility index (Phi) is 6.82. The summed E-state index contributed by atoms with van der Waals surface area (Å²) in [6.07, 6.45) is 1.41. The predicted octanol–water partition coefficient (Wildman–Crippen LogP) is 4.26. The summed E-state index contributed by atoms with van der Waals surface area (Å²) in [7, 11) is 3.05. The molecule has 4 amide bonds. The van der Waals surface area contributed by atoms with Crippen molar-refractivity contribution in [3.05, 3.63) is 89.0 Å². The second-order valence-corrected chi connectivity index (χ2v) is 7.84. The summed E-state index contributed by atoms with van der Waals surface area (Å²) >= 11 is 0.